The van der Waals surface area contributed by atoms with E-state index in [4.69, 9.17) is 11.6 Å². The Hall–Kier alpha value is -0.650. The van der Waals surface area contributed by atoms with Crippen LogP contribution in [-0.2, 0) is 4.79 Å². The van der Waals surface area contributed by atoms with Gasteiger partial charge in [0.15, 0.2) is 10.1 Å². The second-order valence-electron chi connectivity index (χ2n) is 5.35. The fourth-order valence-corrected chi connectivity index (χ4v) is 3.40. The Balaban J connectivity index is 2.43. The zero-order valence-corrected chi connectivity index (χ0v) is 11.8. The van der Waals surface area contributed by atoms with Crippen molar-refractivity contribution in [1.82, 2.24) is 9.88 Å². The van der Waals surface area contributed by atoms with Crippen molar-refractivity contribution in [1.29, 1.82) is 0 Å². The number of hydrogen-bond donors (Lipinski definition) is 1. The number of carbonyl (C=O) groups is 1. The summed E-state index contributed by atoms with van der Waals surface area (Å²) in [6.07, 6.45) is 1.62. The Bertz CT molecular complexity index is 468. The van der Waals surface area contributed by atoms with Gasteiger partial charge in [-0.1, -0.05) is 32.4 Å². The maximum atomic E-state index is 11.9. The Labute approximate surface area is 109 Å². The number of rotatable bonds is 1. The lowest BCUT2D eigenvalue weighted by atomic mass is 9.65. The number of likely N-dealkylation sites (tertiary alicyclic amines) is 1. The summed E-state index contributed by atoms with van der Waals surface area (Å²) >= 11 is 7.10. The van der Waals surface area contributed by atoms with Crippen molar-refractivity contribution in [3.05, 3.63) is 15.5 Å². The molecule has 0 saturated carbocycles. The summed E-state index contributed by atoms with van der Waals surface area (Å²) in [7, 11) is 1.68. The summed E-state index contributed by atoms with van der Waals surface area (Å²) in [5.41, 5.74) is -1.91. The second-order valence-corrected chi connectivity index (χ2v) is 6.99. The SMILES string of the molecule is CN1C(=O)C(O)(C(C)(C)C)C1c1cnc(Cl)s1. The quantitative estimate of drug-likeness (QED) is 0.798. The van der Waals surface area contributed by atoms with Crippen LogP contribution in [0.3, 0.4) is 0 Å². The number of nitrogens with zero attached hydrogens (tertiary/aromatic N) is 2. The molecule has 2 atom stereocenters. The van der Waals surface area contributed by atoms with E-state index >= 15 is 0 Å². The van der Waals surface area contributed by atoms with E-state index in [-0.39, 0.29) is 11.9 Å². The van der Waals surface area contributed by atoms with E-state index in [1.807, 2.05) is 20.8 Å². The van der Waals surface area contributed by atoms with Crippen molar-refractivity contribution in [3.8, 4) is 0 Å². The summed E-state index contributed by atoms with van der Waals surface area (Å²) in [6, 6.07) is -0.361. The van der Waals surface area contributed by atoms with Crippen LogP contribution in [0, 0.1) is 5.41 Å². The molecule has 94 valence electrons. The van der Waals surface area contributed by atoms with Crippen molar-refractivity contribution >= 4 is 28.8 Å². The molecule has 0 aliphatic carbocycles. The van der Waals surface area contributed by atoms with Gasteiger partial charge in [0.2, 0.25) is 0 Å². The van der Waals surface area contributed by atoms with Gasteiger partial charge in [0.1, 0.15) is 6.04 Å². The predicted molar refractivity (Wildman–Crippen MR) is 67.0 cm³/mol. The minimum atomic E-state index is -1.38. The number of carbonyl (C=O) groups excluding carboxylic acids is 1. The molecule has 1 N–H and O–H groups in total. The van der Waals surface area contributed by atoms with E-state index in [9.17, 15) is 9.90 Å². The molecule has 2 unspecified atom stereocenters. The minimum Gasteiger partial charge on any atom is -0.377 e. The van der Waals surface area contributed by atoms with Gasteiger partial charge in [0.25, 0.3) is 5.91 Å². The van der Waals surface area contributed by atoms with Gasteiger partial charge in [-0.05, 0) is 0 Å². The van der Waals surface area contributed by atoms with E-state index in [1.165, 1.54) is 16.2 Å². The Morgan fingerprint density at radius 1 is 1.59 bits per heavy atom. The van der Waals surface area contributed by atoms with Crippen LogP contribution in [0.1, 0.15) is 31.7 Å². The smallest absolute Gasteiger partial charge is 0.258 e. The zero-order valence-electron chi connectivity index (χ0n) is 10.2. The van der Waals surface area contributed by atoms with Crippen LogP contribution in [0.5, 0.6) is 0 Å². The number of aromatic nitrogens is 1. The summed E-state index contributed by atoms with van der Waals surface area (Å²) in [6.45, 7) is 5.56. The average molecular weight is 275 g/mol. The molecule has 1 aliphatic rings. The van der Waals surface area contributed by atoms with Gasteiger partial charge in [-0.15, -0.1) is 11.3 Å². The highest BCUT2D eigenvalue weighted by Crippen LogP contribution is 2.52. The lowest BCUT2D eigenvalue weighted by Gasteiger charge is -2.56. The van der Waals surface area contributed by atoms with E-state index in [1.54, 1.807) is 13.2 Å². The van der Waals surface area contributed by atoms with E-state index in [2.05, 4.69) is 4.98 Å². The molecule has 0 bridgehead atoms. The highest BCUT2D eigenvalue weighted by molar-refractivity contribution is 7.15. The Morgan fingerprint density at radius 3 is 2.59 bits per heavy atom. The van der Waals surface area contributed by atoms with Crippen LogP contribution in [0.25, 0.3) is 0 Å². The lowest BCUT2D eigenvalue weighted by Crippen LogP contribution is -2.72. The van der Waals surface area contributed by atoms with Crippen molar-refractivity contribution in [2.75, 3.05) is 7.05 Å². The third-order valence-electron chi connectivity index (χ3n) is 3.34. The number of halogens is 1. The molecular formula is C11H15ClN2O2S. The summed E-state index contributed by atoms with van der Waals surface area (Å²) in [5, 5.41) is 10.7. The van der Waals surface area contributed by atoms with Crippen molar-refractivity contribution < 1.29 is 9.90 Å². The first-order chi connectivity index (χ1) is 7.69. The molecular weight excluding hydrogens is 260 g/mol. The van der Waals surface area contributed by atoms with Crippen LogP contribution < -0.4 is 0 Å². The first-order valence-electron chi connectivity index (χ1n) is 5.30. The molecule has 6 heteroatoms. The Kier molecular flexibility index (Phi) is 2.76. The number of hydrogen-bond acceptors (Lipinski definition) is 4. The van der Waals surface area contributed by atoms with Gasteiger partial charge >= 0.3 is 0 Å². The van der Waals surface area contributed by atoms with Gasteiger partial charge in [-0.2, -0.15) is 0 Å². The summed E-state index contributed by atoms with van der Waals surface area (Å²) in [5.74, 6) is -0.250. The first-order valence-corrected chi connectivity index (χ1v) is 6.50. The summed E-state index contributed by atoms with van der Waals surface area (Å²) < 4.78 is 0.420. The van der Waals surface area contributed by atoms with Gasteiger partial charge in [-0.3, -0.25) is 4.79 Å². The molecule has 1 amide bonds. The number of β-lactam (4-membered cyclic amide) rings is 1. The van der Waals surface area contributed by atoms with E-state index in [0.717, 1.165) is 4.88 Å². The molecule has 0 radical (unpaired) electrons. The molecule has 2 heterocycles. The maximum Gasteiger partial charge on any atom is 0.258 e. The maximum absolute atomic E-state index is 11.9. The zero-order chi connectivity index (χ0) is 13.0. The largest absolute Gasteiger partial charge is 0.377 e. The van der Waals surface area contributed by atoms with Crippen LogP contribution in [-0.4, -0.2) is 33.5 Å². The molecule has 1 aromatic rings. The number of likely N-dealkylation sites (N-methyl/N-ethyl adjacent to an activating group) is 1. The molecule has 0 aromatic carbocycles. The Morgan fingerprint density at radius 2 is 2.18 bits per heavy atom. The van der Waals surface area contributed by atoms with Crippen LogP contribution >= 0.6 is 22.9 Å². The monoisotopic (exact) mass is 274 g/mol. The molecule has 17 heavy (non-hydrogen) atoms. The topological polar surface area (TPSA) is 53.4 Å². The fourth-order valence-electron chi connectivity index (χ4n) is 2.24. The third-order valence-corrected chi connectivity index (χ3v) is 4.50. The van der Waals surface area contributed by atoms with Gasteiger partial charge in [0.05, 0.1) is 4.88 Å². The van der Waals surface area contributed by atoms with E-state index < -0.39 is 11.0 Å². The second kappa shape index (κ2) is 3.67. The number of aliphatic hydroxyl groups is 1. The van der Waals surface area contributed by atoms with Gasteiger partial charge < -0.3 is 10.0 Å². The number of amides is 1. The predicted octanol–water partition coefficient (Wildman–Crippen LogP) is 2.09. The molecule has 1 aliphatic heterocycles. The van der Waals surface area contributed by atoms with Crippen molar-refractivity contribution in [2.45, 2.75) is 32.4 Å². The molecule has 4 nitrogen and oxygen atoms in total. The molecule has 1 saturated heterocycles. The highest BCUT2D eigenvalue weighted by atomic mass is 35.5. The average Bonchev–Trinajstić information content (AvgIpc) is 2.62. The summed E-state index contributed by atoms with van der Waals surface area (Å²) in [4.78, 5) is 18.3. The first kappa shape index (κ1) is 12.8. The van der Waals surface area contributed by atoms with Crippen LogP contribution in [0.2, 0.25) is 4.47 Å². The normalized spacial score (nSPS) is 29.4. The molecule has 2 rings (SSSR count). The highest BCUT2D eigenvalue weighted by Gasteiger charge is 2.65. The van der Waals surface area contributed by atoms with Gasteiger partial charge in [0, 0.05) is 18.7 Å². The lowest BCUT2D eigenvalue weighted by molar-refractivity contribution is -0.212. The minimum absolute atomic E-state index is 0.250. The van der Waals surface area contributed by atoms with Crippen molar-refractivity contribution in [2.24, 2.45) is 5.41 Å². The third kappa shape index (κ3) is 1.60. The van der Waals surface area contributed by atoms with Crippen LogP contribution in [0.15, 0.2) is 6.20 Å². The molecule has 0 spiro atoms. The number of thiazole rings is 1. The fraction of sp³-hybridized carbons (Fsp3) is 0.636. The standard InChI is InChI=1S/C11H15ClN2O2S/c1-10(2,3)11(16)7(14(4)8(11)15)6-5-13-9(12)17-6/h5,7,16H,1-4H3. The van der Waals surface area contributed by atoms with Crippen LogP contribution in [0.4, 0.5) is 0 Å². The van der Waals surface area contributed by atoms with Crippen molar-refractivity contribution in [3.63, 3.8) is 0 Å². The molecule has 1 fully saturated rings. The molecule has 1 aromatic heterocycles. The van der Waals surface area contributed by atoms with Gasteiger partial charge in [-0.25, -0.2) is 4.98 Å². The van der Waals surface area contributed by atoms with E-state index in [0.29, 0.717) is 4.47 Å².